The van der Waals surface area contributed by atoms with Crippen LogP contribution in [0.25, 0.3) is 0 Å². The molecule has 0 bridgehead atoms. The van der Waals surface area contributed by atoms with Crippen molar-refractivity contribution in [2.75, 3.05) is 18.1 Å². The van der Waals surface area contributed by atoms with Gasteiger partial charge in [-0.05, 0) is 36.8 Å². The van der Waals surface area contributed by atoms with Gasteiger partial charge >= 0.3 is 5.97 Å². The van der Waals surface area contributed by atoms with E-state index in [1.54, 1.807) is 32.2 Å². The van der Waals surface area contributed by atoms with Crippen LogP contribution in [0.5, 0.6) is 0 Å². The zero-order valence-electron chi connectivity index (χ0n) is 14.9. The zero-order chi connectivity index (χ0) is 20.0. The molecule has 0 saturated heterocycles. The Hall–Kier alpha value is -3.11. The lowest BCUT2D eigenvalue weighted by molar-refractivity contribution is -0.121. The van der Waals surface area contributed by atoms with Crippen LogP contribution in [0.1, 0.15) is 22.3 Å². The largest absolute Gasteiger partial charge is 0.452 e. The molecule has 1 heterocycles. The Morgan fingerprint density at radius 2 is 2.04 bits per heavy atom. The molecule has 140 valence electrons. The van der Waals surface area contributed by atoms with E-state index in [1.807, 2.05) is 6.07 Å². The van der Waals surface area contributed by atoms with E-state index in [9.17, 15) is 14.4 Å². The zero-order valence-corrected chi connectivity index (χ0v) is 15.7. The Morgan fingerprint density at radius 3 is 2.67 bits per heavy atom. The van der Waals surface area contributed by atoms with E-state index in [0.29, 0.717) is 10.7 Å². The predicted octanol–water partition coefficient (Wildman–Crippen LogP) is 2.45. The lowest BCUT2D eigenvalue weighted by atomic mass is 10.2. The number of anilines is 1. The Bertz CT molecular complexity index is 962. The molecule has 0 aliphatic rings. The second-order valence-corrected chi connectivity index (χ2v) is 6.23. The monoisotopic (exact) mass is 387 g/mol. The van der Waals surface area contributed by atoms with Crippen LogP contribution in [0.4, 0.5) is 5.69 Å². The van der Waals surface area contributed by atoms with Crippen molar-refractivity contribution in [1.29, 1.82) is 5.26 Å². The first-order chi connectivity index (χ1) is 12.8. The van der Waals surface area contributed by atoms with Crippen LogP contribution in [0.2, 0.25) is 5.02 Å². The number of halogens is 1. The van der Waals surface area contributed by atoms with Gasteiger partial charge in [0.2, 0.25) is 0 Å². The second-order valence-electron chi connectivity index (χ2n) is 5.83. The molecule has 0 atom stereocenters. The SMILES string of the molecule is Cc1cc(N(CCC#N)C(=O)COC(=O)c2ccn(C)c(=O)c2)ccc1Cl. The molecule has 1 aromatic carbocycles. The third kappa shape index (κ3) is 5.19. The van der Waals surface area contributed by atoms with Crippen molar-refractivity contribution in [2.45, 2.75) is 13.3 Å². The van der Waals surface area contributed by atoms with Gasteiger partial charge in [-0.3, -0.25) is 9.59 Å². The Kier molecular flexibility index (Phi) is 6.74. The number of benzene rings is 1. The maximum atomic E-state index is 12.5. The smallest absolute Gasteiger partial charge is 0.338 e. The molecule has 0 radical (unpaired) electrons. The summed E-state index contributed by atoms with van der Waals surface area (Å²) < 4.78 is 6.35. The van der Waals surface area contributed by atoms with Crippen LogP contribution in [0, 0.1) is 18.3 Å². The first-order valence-corrected chi connectivity index (χ1v) is 8.48. The number of hydrogen-bond donors (Lipinski definition) is 0. The summed E-state index contributed by atoms with van der Waals surface area (Å²) in [5.41, 5.74) is 1.04. The number of amides is 1. The minimum absolute atomic E-state index is 0.0665. The van der Waals surface area contributed by atoms with Crippen LogP contribution in [0.15, 0.2) is 41.3 Å². The average Bonchev–Trinajstić information content (AvgIpc) is 2.65. The number of pyridine rings is 1. The van der Waals surface area contributed by atoms with Crippen LogP contribution < -0.4 is 10.5 Å². The lowest BCUT2D eigenvalue weighted by Crippen LogP contribution is -2.35. The summed E-state index contributed by atoms with van der Waals surface area (Å²) >= 11 is 6.01. The molecule has 0 aliphatic heterocycles. The summed E-state index contributed by atoms with van der Waals surface area (Å²) in [6, 6.07) is 9.60. The quantitative estimate of drug-likeness (QED) is 0.710. The standard InChI is InChI=1S/C19H18ClN3O4/c1-13-10-15(4-5-16(13)20)23(8-3-7-21)18(25)12-27-19(26)14-6-9-22(2)17(24)11-14/h4-6,9-11H,3,8,12H2,1-2H3. The molecule has 2 rings (SSSR count). The number of aryl methyl sites for hydroxylation is 2. The van der Waals surface area contributed by atoms with E-state index in [4.69, 9.17) is 21.6 Å². The van der Waals surface area contributed by atoms with Crippen LogP contribution in [-0.2, 0) is 16.6 Å². The molecule has 0 N–H and O–H groups in total. The fraction of sp³-hybridized carbons (Fsp3) is 0.263. The molecule has 0 saturated carbocycles. The first kappa shape index (κ1) is 20.2. The molecule has 0 unspecified atom stereocenters. The molecule has 27 heavy (non-hydrogen) atoms. The third-order valence-corrected chi connectivity index (χ3v) is 4.29. The lowest BCUT2D eigenvalue weighted by Gasteiger charge is -2.22. The number of nitriles is 1. The molecule has 8 heteroatoms. The summed E-state index contributed by atoms with van der Waals surface area (Å²) in [5, 5.41) is 9.39. The normalized spacial score (nSPS) is 10.1. The van der Waals surface area contributed by atoms with E-state index in [2.05, 4.69) is 0 Å². The van der Waals surface area contributed by atoms with Gasteiger partial charge in [-0.2, -0.15) is 5.26 Å². The second kappa shape index (κ2) is 9.01. The van der Waals surface area contributed by atoms with Crippen molar-refractivity contribution < 1.29 is 14.3 Å². The fourth-order valence-corrected chi connectivity index (χ4v) is 2.44. The van der Waals surface area contributed by atoms with Gasteiger partial charge in [0, 0.05) is 36.6 Å². The van der Waals surface area contributed by atoms with E-state index >= 15 is 0 Å². The van der Waals surface area contributed by atoms with Crippen molar-refractivity contribution in [1.82, 2.24) is 4.57 Å². The molecule has 7 nitrogen and oxygen atoms in total. The molecule has 0 spiro atoms. The predicted molar refractivity (Wildman–Crippen MR) is 101 cm³/mol. The molecule has 1 aromatic heterocycles. The summed E-state index contributed by atoms with van der Waals surface area (Å²) in [7, 11) is 1.56. The van der Waals surface area contributed by atoms with Gasteiger partial charge in [0.15, 0.2) is 6.61 Å². The van der Waals surface area contributed by atoms with E-state index in [1.165, 1.54) is 21.7 Å². The van der Waals surface area contributed by atoms with Gasteiger partial charge in [-0.25, -0.2) is 4.79 Å². The van der Waals surface area contributed by atoms with Crippen LogP contribution >= 0.6 is 11.6 Å². The average molecular weight is 388 g/mol. The van der Waals surface area contributed by atoms with E-state index in [0.717, 1.165) is 11.6 Å². The van der Waals surface area contributed by atoms with Gasteiger partial charge in [0.05, 0.1) is 18.1 Å². The maximum absolute atomic E-state index is 12.5. The molecule has 0 fully saturated rings. The van der Waals surface area contributed by atoms with Crippen molar-refractivity contribution in [3.05, 3.63) is 63.0 Å². The Morgan fingerprint density at radius 1 is 1.30 bits per heavy atom. The number of esters is 1. The molecule has 0 aliphatic carbocycles. The highest BCUT2D eigenvalue weighted by molar-refractivity contribution is 6.31. The summed E-state index contributed by atoms with van der Waals surface area (Å²) in [4.78, 5) is 37.6. The molecular formula is C19H18ClN3O4. The number of carbonyl (C=O) groups is 2. The van der Waals surface area contributed by atoms with Crippen LogP contribution in [-0.4, -0.2) is 29.6 Å². The van der Waals surface area contributed by atoms with Gasteiger partial charge in [0.1, 0.15) is 0 Å². The van der Waals surface area contributed by atoms with Gasteiger partial charge in [0.25, 0.3) is 11.5 Å². The van der Waals surface area contributed by atoms with Crippen molar-refractivity contribution in [3.8, 4) is 6.07 Å². The highest BCUT2D eigenvalue weighted by atomic mass is 35.5. The Balaban J connectivity index is 2.12. The minimum Gasteiger partial charge on any atom is -0.452 e. The van der Waals surface area contributed by atoms with Crippen LogP contribution in [0.3, 0.4) is 0 Å². The summed E-state index contributed by atoms with van der Waals surface area (Å²) in [5.74, 6) is -1.25. The van der Waals surface area contributed by atoms with Crippen molar-refractivity contribution in [3.63, 3.8) is 0 Å². The minimum atomic E-state index is -0.770. The van der Waals surface area contributed by atoms with Crippen molar-refractivity contribution >= 4 is 29.2 Å². The molecule has 2 aromatic rings. The Labute approximate surface area is 161 Å². The number of ether oxygens (including phenoxy) is 1. The van der Waals surface area contributed by atoms with Gasteiger partial charge in [-0.1, -0.05) is 11.6 Å². The summed E-state index contributed by atoms with van der Waals surface area (Å²) in [6.45, 7) is 1.44. The molecule has 1 amide bonds. The first-order valence-electron chi connectivity index (χ1n) is 8.10. The van der Waals surface area contributed by atoms with Crippen molar-refractivity contribution in [2.24, 2.45) is 7.05 Å². The van der Waals surface area contributed by atoms with E-state index < -0.39 is 18.5 Å². The molecular weight excluding hydrogens is 370 g/mol. The maximum Gasteiger partial charge on any atom is 0.338 e. The number of aromatic nitrogens is 1. The highest BCUT2D eigenvalue weighted by Crippen LogP contribution is 2.23. The number of hydrogen-bond acceptors (Lipinski definition) is 5. The highest BCUT2D eigenvalue weighted by Gasteiger charge is 2.19. The topological polar surface area (TPSA) is 92.4 Å². The van der Waals surface area contributed by atoms with Gasteiger partial charge < -0.3 is 14.2 Å². The summed E-state index contributed by atoms with van der Waals surface area (Å²) in [6.07, 6.45) is 1.56. The number of nitrogens with zero attached hydrogens (tertiary/aromatic N) is 3. The number of carbonyl (C=O) groups excluding carboxylic acids is 2. The number of rotatable bonds is 6. The van der Waals surface area contributed by atoms with E-state index in [-0.39, 0.29) is 24.1 Å². The fourth-order valence-electron chi connectivity index (χ4n) is 2.32. The van der Waals surface area contributed by atoms with Gasteiger partial charge in [-0.15, -0.1) is 0 Å². The third-order valence-electron chi connectivity index (χ3n) is 3.87.